The van der Waals surface area contributed by atoms with Crippen LogP contribution in [0, 0.1) is 3.57 Å². The summed E-state index contributed by atoms with van der Waals surface area (Å²) in [5, 5.41) is 1.62. The fourth-order valence-corrected chi connectivity index (χ4v) is 1.85. The van der Waals surface area contributed by atoms with Gasteiger partial charge in [0.15, 0.2) is 0 Å². The van der Waals surface area contributed by atoms with E-state index in [9.17, 15) is 4.79 Å². The van der Waals surface area contributed by atoms with E-state index in [1.165, 1.54) is 0 Å². The molecular formula is C9H10BrIN2O. The molecule has 0 aliphatic heterocycles. The Bertz CT molecular complexity index is 355. The van der Waals surface area contributed by atoms with Gasteiger partial charge in [0.25, 0.3) is 5.91 Å². The highest BCUT2D eigenvalue weighted by Crippen LogP contribution is 2.19. The number of carbonyl (C=O) groups excluding carboxylic acids is 1. The average Bonchev–Trinajstić information content (AvgIpc) is 2.08. The summed E-state index contributed by atoms with van der Waals surface area (Å²) in [7, 11) is 3.55. The van der Waals surface area contributed by atoms with Gasteiger partial charge in [-0.15, -0.1) is 0 Å². The summed E-state index contributed by atoms with van der Waals surface area (Å²) in [5.74, 6) is -0.111. The quantitative estimate of drug-likeness (QED) is 0.641. The highest BCUT2D eigenvalue weighted by atomic mass is 127. The molecule has 0 spiro atoms. The molecule has 0 aromatic heterocycles. The Morgan fingerprint density at radius 1 is 1.50 bits per heavy atom. The molecule has 0 aliphatic rings. The predicted molar refractivity (Wildman–Crippen MR) is 68.0 cm³/mol. The number of carbonyl (C=O) groups is 1. The van der Waals surface area contributed by atoms with Crippen molar-refractivity contribution in [2.75, 3.05) is 14.1 Å². The van der Waals surface area contributed by atoms with Crippen molar-refractivity contribution in [3.05, 3.63) is 31.8 Å². The number of benzene rings is 1. The second-order valence-corrected chi connectivity index (χ2v) is 5.06. The van der Waals surface area contributed by atoms with Crippen LogP contribution in [-0.2, 0) is 0 Å². The van der Waals surface area contributed by atoms with Crippen LogP contribution in [0.5, 0.6) is 0 Å². The highest BCUT2D eigenvalue weighted by molar-refractivity contribution is 14.1. The Kier molecular flexibility index (Phi) is 4.33. The summed E-state index contributed by atoms with van der Waals surface area (Å²) < 4.78 is 1.84. The first kappa shape index (κ1) is 11.9. The first-order chi connectivity index (χ1) is 6.50. The number of nitrogens with one attached hydrogen (secondary N) is 1. The van der Waals surface area contributed by atoms with Gasteiger partial charge in [-0.05, 0) is 56.7 Å². The lowest BCUT2D eigenvalue weighted by atomic mass is 10.2. The largest absolute Gasteiger partial charge is 0.285 e. The summed E-state index contributed by atoms with van der Waals surface area (Å²) in [4.78, 5) is 11.6. The van der Waals surface area contributed by atoms with E-state index in [4.69, 9.17) is 0 Å². The monoisotopic (exact) mass is 368 g/mol. The van der Waals surface area contributed by atoms with Gasteiger partial charge in [0.2, 0.25) is 0 Å². The zero-order chi connectivity index (χ0) is 10.7. The summed E-state index contributed by atoms with van der Waals surface area (Å²) >= 11 is 5.51. The maximum Gasteiger partial charge on any atom is 0.266 e. The molecule has 0 saturated heterocycles. The minimum absolute atomic E-state index is 0.111. The zero-order valence-electron chi connectivity index (χ0n) is 7.84. The zero-order valence-corrected chi connectivity index (χ0v) is 11.6. The van der Waals surface area contributed by atoms with Crippen molar-refractivity contribution in [3.63, 3.8) is 0 Å². The molecule has 3 nitrogen and oxygen atoms in total. The number of halogens is 2. The van der Waals surface area contributed by atoms with Crippen LogP contribution < -0.4 is 5.43 Å². The number of amides is 1. The first-order valence-electron chi connectivity index (χ1n) is 3.94. The van der Waals surface area contributed by atoms with Crippen molar-refractivity contribution in [1.82, 2.24) is 10.4 Å². The molecular weight excluding hydrogens is 359 g/mol. The van der Waals surface area contributed by atoms with Crippen LogP contribution in [0.1, 0.15) is 10.4 Å². The Hall–Kier alpha value is -0.140. The van der Waals surface area contributed by atoms with Crippen LogP contribution in [0.25, 0.3) is 0 Å². The number of nitrogens with zero attached hydrogens (tertiary/aromatic N) is 1. The molecule has 0 radical (unpaired) electrons. The second kappa shape index (κ2) is 5.09. The van der Waals surface area contributed by atoms with Crippen LogP contribution in [0.15, 0.2) is 22.7 Å². The Balaban J connectivity index is 2.94. The minimum atomic E-state index is -0.111. The lowest BCUT2D eigenvalue weighted by Gasteiger charge is -2.12. The molecule has 1 aromatic rings. The topological polar surface area (TPSA) is 32.3 Å². The molecule has 14 heavy (non-hydrogen) atoms. The normalized spacial score (nSPS) is 10.4. The van der Waals surface area contributed by atoms with Crippen LogP contribution in [-0.4, -0.2) is 25.0 Å². The number of hydrazine groups is 1. The van der Waals surface area contributed by atoms with Gasteiger partial charge in [0.05, 0.1) is 5.56 Å². The molecule has 0 fully saturated rings. The molecule has 0 atom stereocenters. The van der Waals surface area contributed by atoms with E-state index in [1.807, 2.05) is 18.2 Å². The van der Waals surface area contributed by atoms with Gasteiger partial charge < -0.3 is 0 Å². The third-order valence-electron chi connectivity index (χ3n) is 1.50. The predicted octanol–water partition coefficient (Wildman–Crippen LogP) is 2.26. The van der Waals surface area contributed by atoms with Crippen LogP contribution in [0.4, 0.5) is 0 Å². The van der Waals surface area contributed by atoms with Gasteiger partial charge >= 0.3 is 0 Å². The fraction of sp³-hybridized carbons (Fsp3) is 0.222. The lowest BCUT2D eigenvalue weighted by molar-refractivity contribution is 0.0856. The molecule has 1 rings (SSSR count). The maximum absolute atomic E-state index is 11.6. The lowest BCUT2D eigenvalue weighted by Crippen LogP contribution is -2.36. The molecule has 0 saturated carbocycles. The van der Waals surface area contributed by atoms with Crippen molar-refractivity contribution in [3.8, 4) is 0 Å². The third-order valence-corrected chi connectivity index (χ3v) is 2.86. The standard InChI is InChI=1S/C9H10BrIN2O/c1-13(2)12-9(14)7-5-6(11)3-4-8(7)10/h3-5H,1-2H3,(H,12,14). The van der Waals surface area contributed by atoms with E-state index in [1.54, 1.807) is 19.1 Å². The van der Waals surface area contributed by atoms with Crippen molar-refractivity contribution < 1.29 is 4.79 Å². The first-order valence-corrected chi connectivity index (χ1v) is 5.81. The van der Waals surface area contributed by atoms with Crippen LogP contribution in [0.2, 0.25) is 0 Å². The van der Waals surface area contributed by atoms with Gasteiger partial charge in [0, 0.05) is 22.1 Å². The second-order valence-electron chi connectivity index (χ2n) is 2.96. The van der Waals surface area contributed by atoms with Gasteiger partial charge in [-0.2, -0.15) is 0 Å². The molecule has 0 aliphatic carbocycles. The molecule has 1 N–H and O–H groups in total. The molecule has 76 valence electrons. The van der Waals surface area contributed by atoms with Crippen LogP contribution in [0.3, 0.4) is 0 Å². The Labute approximate surface area is 105 Å². The van der Waals surface area contributed by atoms with Crippen LogP contribution >= 0.6 is 38.5 Å². The van der Waals surface area contributed by atoms with E-state index >= 15 is 0 Å². The van der Waals surface area contributed by atoms with Crippen molar-refractivity contribution >= 4 is 44.4 Å². The third kappa shape index (κ3) is 3.21. The van der Waals surface area contributed by atoms with E-state index in [0.29, 0.717) is 5.56 Å². The van der Waals surface area contributed by atoms with E-state index in [-0.39, 0.29) is 5.91 Å². The van der Waals surface area contributed by atoms with Crippen molar-refractivity contribution in [1.29, 1.82) is 0 Å². The summed E-state index contributed by atoms with van der Waals surface area (Å²) in [6, 6.07) is 5.65. The van der Waals surface area contributed by atoms with E-state index in [2.05, 4.69) is 43.9 Å². The Morgan fingerprint density at radius 3 is 2.71 bits per heavy atom. The molecule has 1 aromatic carbocycles. The molecule has 1 amide bonds. The number of hydrogen-bond donors (Lipinski definition) is 1. The van der Waals surface area contributed by atoms with Crippen molar-refractivity contribution in [2.24, 2.45) is 0 Å². The summed E-state index contributed by atoms with van der Waals surface area (Å²) in [5.41, 5.74) is 3.33. The van der Waals surface area contributed by atoms with Gasteiger partial charge in [-0.25, -0.2) is 5.01 Å². The fourth-order valence-electron chi connectivity index (χ4n) is 0.935. The number of rotatable bonds is 2. The Morgan fingerprint density at radius 2 is 2.14 bits per heavy atom. The smallest absolute Gasteiger partial charge is 0.266 e. The van der Waals surface area contributed by atoms with Gasteiger partial charge in [0.1, 0.15) is 0 Å². The maximum atomic E-state index is 11.6. The average molecular weight is 369 g/mol. The molecule has 0 bridgehead atoms. The molecule has 0 unspecified atom stereocenters. The van der Waals surface area contributed by atoms with E-state index in [0.717, 1.165) is 8.04 Å². The SMILES string of the molecule is CN(C)NC(=O)c1cc(I)ccc1Br. The van der Waals surface area contributed by atoms with Gasteiger partial charge in [-0.3, -0.25) is 10.2 Å². The van der Waals surface area contributed by atoms with E-state index < -0.39 is 0 Å². The summed E-state index contributed by atoms with van der Waals surface area (Å²) in [6.45, 7) is 0. The minimum Gasteiger partial charge on any atom is -0.285 e. The molecule has 5 heteroatoms. The van der Waals surface area contributed by atoms with Gasteiger partial charge in [-0.1, -0.05) is 0 Å². The summed E-state index contributed by atoms with van der Waals surface area (Å²) in [6.07, 6.45) is 0. The highest BCUT2D eigenvalue weighted by Gasteiger charge is 2.10. The molecule has 0 heterocycles. The van der Waals surface area contributed by atoms with Crippen molar-refractivity contribution in [2.45, 2.75) is 0 Å². The number of hydrogen-bond acceptors (Lipinski definition) is 2.